The maximum Gasteiger partial charge on any atom is 0.433 e. The van der Waals surface area contributed by atoms with Crippen molar-refractivity contribution in [3.8, 4) is 12.8 Å². The summed E-state index contributed by atoms with van der Waals surface area (Å²) in [5.41, 5.74) is -1.15. The number of alkyl halides is 3. The van der Waals surface area contributed by atoms with Crippen molar-refractivity contribution in [2.75, 3.05) is 7.11 Å². The van der Waals surface area contributed by atoms with E-state index in [9.17, 15) is 21.6 Å². The van der Waals surface area contributed by atoms with Gasteiger partial charge in [0.15, 0.2) is 0 Å². The van der Waals surface area contributed by atoms with Gasteiger partial charge in [-0.25, -0.2) is 13.6 Å². The first kappa shape index (κ1) is 28.6. The number of nitrogens with zero attached hydrogens (tertiary/aromatic N) is 1. The highest BCUT2D eigenvalue weighted by Gasteiger charge is 2.34. The zero-order valence-corrected chi connectivity index (χ0v) is 17.4. The largest absolute Gasteiger partial charge is 0.433 e. The Labute approximate surface area is 166 Å². The number of halogens is 3. The number of nitrogens with two attached hydrogens (primary N) is 1. The lowest BCUT2D eigenvalue weighted by Crippen LogP contribution is -2.20. The number of sulfonamides is 1. The van der Waals surface area contributed by atoms with Crippen LogP contribution in [0.5, 0.6) is 0 Å². The molecule has 1 aliphatic heterocycles. The molecule has 0 aromatic heterocycles. The number of rotatable bonds is 2. The van der Waals surface area contributed by atoms with Crippen molar-refractivity contribution in [2.45, 2.75) is 58.5 Å². The summed E-state index contributed by atoms with van der Waals surface area (Å²) in [7, 11) is -2.98. The Bertz CT molecular complexity index is 643. The number of hydrogen-bond donors (Lipinski definition) is 2. The van der Waals surface area contributed by atoms with Crippen LogP contribution in [-0.4, -0.2) is 32.5 Å². The fraction of sp³-hybridized carbons (Fsp3) is 0.632. The van der Waals surface area contributed by atoms with Gasteiger partial charge in [-0.3, -0.25) is 4.99 Å². The van der Waals surface area contributed by atoms with E-state index < -0.39 is 21.9 Å². The van der Waals surface area contributed by atoms with Gasteiger partial charge in [0.25, 0.3) is 0 Å². The Morgan fingerprint density at radius 2 is 1.68 bits per heavy atom. The molecular weight excluding hydrogens is 393 g/mol. The maximum atomic E-state index is 12.2. The Morgan fingerprint density at radius 3 is 2.04 bits per heavy atom. The summed E-state index contributed by atoms with van der Waals surface area (Å²) in [4.78, 5) is 2.68. The molecular formula is C19H31F3N2O3S. The first-order chi connectivity index (χ1) is 13.0. The van der Waals surface area contributed by atoms with Gasteiger partial charge in [-0.15, -0.1) is 12.8 Å². The molecule has 1 aliphatic carbocycles. The van der Waals surface area contributed by atoms with E-state index in [0.29, 0.717) is 12.3 Å². The zero-order valence-electron chi connectivity index (χ0n) is 16.6. The van der Waals surface area contributed by atoms with Crippen LogP contribution in [0.15, 0.2) is 28.2 Å². The summed E-state index contributed by atoms with van der Waals surface area (Å²) in [5.74, 6) is 1.99. The first-order valence-electron chi connectivity index (χ1n) is 8.83. The standard InChI is InChI=1S/C9H18.C7H7F3N2O2S.C2H2.CH4O/c1-8(2)9-6-4-3-5-7-9;8-7(9,10)6-3-1-2-5(4-12-6)15(11,13)14;2*1-2/h8-9H,3-7H2,1-2H3;1,3-4H,2H2,(H2,11,13,14);1-2H;2H,1H3. The second kappa shape index (κ2) is 14.4. The molecule has 1 saturated carbocycles. The summed E-state index contributed by atoms with van der Waals surface area (Å²) in [6.07, 6.45) is 13.1. The SMILES string of the molecule is C#C.CC(C)C1CCCCC1.CO.NS(=O)(=O)C1=CN=C(C(F)(F)F)C=CC1. The molecule has 162 valence electrons. The Hall–Kier alpha value is -1.63. The summed E-state index contributed by atoms with van der Waals surface area (Å²) < 4.78 is 58.1. The van der Waals surface area contributed by atoms with Crippen molar-refractivity contribution < 1.29 is 26.7 Å². The van der Waals surface area contributed by atoms with Crippen LogP contribution in [0, 0.1) is 24.7 Å². The number of hydrogen-bond acceptors (Lipinski definition) is 4. The lowest BCUT2D eigenvalue weighted by molar-refractivity contribution is -0.0576. The third kappa shape index (κ3) is 12.0. The van der Waals surface area contributed by atoms with E-state index in [-0.39, 0.29) is 11.3 Å². The second-order valence-corrected chi connectivity index (χ2v) is 8.02. The molecule has 0 amide bonds. The number of primary sulfonamides is 1. The number of terminal acetylenes is 1. The van der Waals surface area contributed by atoms with Gasteiger partial charge in [-0.2, -0.15) is 13.2 Å². The van der Waals surface area contributed by atoms with Crippen LogP contribution < -0.4 is 5.14 Å². The molecule has 0 saturated heterocycles. The smallest absolute Gasteiger partial charge is 0.400 e. The summed E-state index contributed by atoms with van der Waals surface area (Å²) >= 11 is 0. The Kier molecular flexibility index (Phi) is 14.7. The molecule has 0 unspecified atom stereocenters. The molecule has 0 aromatic rings. The van der Waals surface area contributed by atoms with Gasteiger partial charge in [0.2, 0.25) is 10.0 Å². The zero-order chi connectivity index (χ0) is 22.4. The molecule has 0 bridgehead atoms. The van der Waals surface area contributed by atoms with E-state index in [1.807, 2.05) is 0 Å². The highest BCUT2D eigenvalue weighted by molar-refractivity contribution is 7.93. The predicted octanol–water partition coefficient (Wildman–Crippen LogP) is 4.16. The van der Waals surface area contributed by atoms with Gasteiger partial charge < -0.3 is 5.11 Å². The molecule has 5 nitrogen and oxygen atoms in total. The fourth-order valence-electron chi connectivity index (χ4n) is 2.68. The Balaban J connectivity index is 0. The minimum Gasteiger partial charge on any atom is -0.400 e. The highest BCUT2D eigenvalue weighted by atomic mass is 32.2. The van der Waals surface area contributed by atoms with Crippen LogP contribution in [-0.2, 0) is 10.0 Å². The van der Waals surface area contributed by atoms with Gasteiger partial charge in [-0.1, -0.05) is 52.0 Å². The van der Waals surface area contributed by atoms with Crippen LogP contribution in [0.25, 0.3) is 0 Å². The van der Waals surface area contributed by atoms with E-state index in [0.717, 1.165) is 25.0 Å². The van der Waals surface area contributed by atoms with E-state index in [1.165, 1.54) is 32.1 Å². The van der Waals surface area contributed by atoms with E-state index >= 15 is 0 Å². The van der Waals surface area contributed by atoms with Crippen molar-refractivity contribution in [1.29, 1.82) is 0 Å². The van der Waals surface area contributed by atoms with Crippen LogP contribution in [0.1, 0.15) is 52.4 Å². The predicted molar refractivity (Wildman–Crippen MR) is 108 cm³/mol. The minimum atomic E-state index is -4.60. The molecule has 0 spiro atoms. The third-order valence-electron chi connectivity index (χ3n) is 4.19. The summed E-state index contributed by atoms with van der Waals surface area (Å²) in [5, 5.41) is 11.8. The third-order valence-corrected chi connectivity index (χ3v) is 5.19. The molecule has 1 fully saturated rings. The molecule has 2 rings (SSSR count). The number of aliphatic imine (C=N–C) groups is 1. The topological polar surface area (TPSA) is 92.8 Å². The van der Waals surface area contributed by atoms with Gasteiger partial charge in [-0.05, 0) is 17.9 Å². The van der Waals surface area contributed by atoms with Crippen LogP contribution in [0.3, 0.4) is 0 Å². The summed E-state index contributed by atoms with van der Waals surface area (Å²) in [6.45, 7) is 4.71. The normalized spacial score (nSPS) is 17.4. The lowest BCUT2D eigenvalue weighted by atomic mass is 9.82. The molecule has 3 N–H and O–H groups in total. The highest BCUT2D eigenvalue weighted by Crippen LogP contribution is 2.29. The summed E-state index contributed by atoms with van der Waals surface area (Å²) in [6, 6.07) is 0. The molecule has 0 atom stereocenters. The van der Waals surface area contributed by atoms with Crippen LogP contribution in [0.2, 0.25) is 0 Å². The average Bonchev–Trinajstić information content (AvgIpc) is 2.93. The van der Waals surface area contributed by atoms with Gasteiger partial charge in [0, 0.05) is 19.7 Å². The van der Waals surface area contributed by atoms with Gasteiger partial charge >= 0.3 is 6.18 Å². The van der Waals surface area contributed by atoms with E-state index in [1.54, 1.807) is 0 Å². The lowest BCUT2D eigenvalue weighted by Gasteiger charge is -2.24. The molecule has 0 radical (unpaired) electrons. The quantitative estimate of drug-likeness (QED) is 0.652. The van der Waals surface area contributed by atoms with Crippen molar-refractivity contribution in [3.05, 3.63) is 23.3 Å². The number of aliphatic hydroxyl groups excluding tert-OH is 1. The molecule has 2 aliphatic rings. The van der Waals surface area contributed by atoms with Crippen molar-refractivity contribution >= 4 is 15.7 Å². The van der Waals surface area contributed by atoms with E-state index in [4.69, 9.17) is 10.2 Å². The van der Waals surface area contributed by atoms with Crippen molar-refractivity contribution in [1.82, 2.24) is 0 Å². The monoisotopic (exact) mass is 424 g/mol. The van der Waals surface area contributed by atoms with Crippen LogP contribution in [0.4, 0.5) is 13.2 Å². The average molecular weight is 425 g/mol. The number of allylic oxidation sites excluding steroid dienone is 3. The first-order valence-corrected chi connectivity index (χ1v) is 10.4. The van der Waals surface area contributed by atoms with Crippen molar-refractivity contribution in [3.63, 3.8) is 0 Å². The molecule has 1 heterocycles. The maximum absolute atomic E-state index is 12.2. The molecule has 9 heteroatoms. The van der Waals surface area contributed by atoms with Crippen molar-refractivity contribution in [2.24, 2.45) is 22.0 Å². The number of aliphatic hydroxyl groups is 1. The van der Waals surface area contributed by atoms with Gasteiger partial charge in [0.1, 0.15) is 5.71 Å². The fourth-order valence-corrected chi connectivity index (χ4v) is 3.21. The Morgan fingerprint density at radius 1 is 1.18 bits per heavy atom. The van der Waals surface area contributed by atoms with Gasteiger partial charge in [0.05, 0.1) is 4.91 Å². The minimum absolute atomic E-state index is 0.193. The second-order valence-electron chi connectivity index (χ2n) is 6.40. The van der Waals surface area contributed by atoms with E-state index in [2.05, 4.69) is 31.7 Å². The van der Waals surface area contributed by atoms with Crippen LogP contribution >= 0.6 is 0 Å². The molecule has 28 heavy (non-hydrogen) atoms. The molecule has 0 aromatic carbocycles.